The lowest BCUT2D eigenvalue weighted by atomic mass is 10.3. The van der Waals surface area contributed by atoms with Gasteiger partial charge in [-0.1, -0.05) is 34.8 Å². The molecule has 1 aromatic carbocycles. The first-order valence-electron chi connectivity index (χ1n) is 5.60. The molecule has 1 N–H and O–H groups in total. The quantitative estimate of drug-likeness (QED) is 0.579. The van der Waals surface area contributed by atoms with E-state index in [1.807, 2.05) is 0 Å². The number of nitrogens with one attached hydrogen (secondary N) is 1. The molecule has 3 nitrogen and oxygen atoms in total. The van der Waals surface area contributed by atoms with Gasteiger partial charge in [-0.05, 0) is 18.6 Å². The fraction of sp³-hybridized carbons (Fsp3) is 0.500. The third-order valence-electron chi connectivity index (χ3n) is 2.21. The monoisotopic (exact) mass is 311 g/mol. The van der Waals surface area contributed by atoms with Gasteiger partial charge in [-0.25, -0.2) is 0 Å². The van der Waals surface area contributed by atoms with Crippen LogP contribution in [0.4, 0.5) is 5.69 Å². The molecule has 0 aliphatic carbocycles. The topological polar surface area (TPSA) is 30.5 Å². The second-order valence-corrected chi connectivity index (χ2v) is 4.85. The van der Waals surface area contributed by atoms with E-state index in [1.54, 1.807) is 19.2 Å². The molecule has 0 radical (unpaired) electrons. The van der Waals surface area contributed by atoms with Crippen LogP contribution in [0.5, 0.6) is 0 Å². The molecule has 1 aromatic rings. The third-order valence-corrected chi connectivity index (χ3v) is 3.24. The standard InChI is InChI=1S/C12H16Cl3NO2/c1-17-4-2-5-18-6-3-16-12-8-10(14)9(13)7-11(12)15/h7-8,16H,2-6H2,1H3. The lowest BCUT2D eigenvalue weighted by molar-refractivity contribution is 0.109. The second kappa shape index (κ2) is 8.83. The maximum absolute atomic E-state index is 6.02. The number of methoxy groups -OCH3 is 1. The van der Waals surface area contributed by atoms with Crippen LogP contribution in [0.25, 0.3) is 0 Å². The number of halogens is 3. The number of hydrogen-bond donors (Lipinski definition) is 1. The molecule has 0 bridgehead atoms. The van der Waals surface area contributed by atoms with Crippen LogP contribution in [0.15, 0.2) is 12.1 Å². The molecule has 1 rings (SSSR count). The van der Waals surface area contributed by atoms with Crippen molar-refractivity contribution in [2.45, 2.75) is 6.42 Å². The molecule has 0 heterocycles. The highest BCUT2D eigenvalue weighted by Gasteiger charge is 2.05. The average molecular weight is 313 g/mol. The summed E-state index contributed by atoms with van der Waals surface area (Å²) in [5.41, 5.74) is 0.756. The summed E-state index contributed by atoms with van der Waals surface area (Å²) in [6, 6.07) is 3.32. The van der Waals surface area contributed by atoms with Crippen LogP contribution in [0.2, 0.25) is 15.1 Å². The van der Waals surface area contributed by atoms with E-state index in [0.717, 1.165) is 12.1 Å². The minimum Gasteiger partial charge on any atom is -0.385 e. The summed E-state index contributed by atoms with van der Waals surface area (Å²) >= 11 is 17.8. The molecule has 0 spiro atoms. The average Bonchev–Trinajstić information content (AvgIpc) is 2.34. The number of benzene rings is 1. The molecule has 0 aliphatic heterocycles. The molecule has 18 heavy (non-hydrogen) atoms. The number of anilines is 1. The summed E-state index contributed by atoms with van der Waals surface area (Å²) in [4.78, 5) is 0. The first-order valence-corrected chi connectivity index (χ1v) is 6.73. The molecule has 0 unspecified atom stereocenters. The lowest BCUT2D eigenvalue weighted by Crippen LogP contribution is -2.11. The van der Waals surface area contributed by atoms with Crippen molar-refractivity contribution in [3.63, 3.8) is 0 Å². The van der Waals surface area contributed by atoms with Gasteiger partial charge in [0.2, 0.25) is 0 Å². The lowest BCUT2D eigenvalue weighted by Gasteiger charge is -2.10. The Morgan fingerprint density at radius 2 is 1.72 bits per heavy atom. The van der Waals surface area contributed by atoms with Crippen molar-refractivity contribution in [3.05, 3.63) is 27.2 Å². The fourth-order valence-electron chi connectivity index (χ4n) is 1.32. The highest BCUT2D eigenvalue weighted by molar-refractivity contribution is 6.44. The van der Waals surface area contributed by atoms with E-state index in [9.17, 15) is 0 Å². The van der Waals surface area contributed by atoms with E-state index in [1.165, 1.54) is 0 Å². The highest BCUT2D eigenvalue weighted by Crippen LogP contribution is 2.31. The van der Waals surface area contributed by atoms with Crippen molar-refractivity contribution in [2.75, 3.05) is 38.8 Å². The van der Waals surface area contributed by atoms with Crippen molar-refractivity contribution >= 4 is 40.5 Å². The van der Waals surface area contributed by atoms with Crippen LogP contribution in [-0.4, -0.2) is 33.5 Å². The summed E-state index contributed by atoms with van der Waals surface area (Å²) in [6.07, 6.45) is 0.893. The van der Waals surface area contributed by atoms with Crippen LogP contribution in [0.1, 0.15) is 6.42 Å². The first-order chi connectivity index (χ1) is 8.65. The van der Waals surface area contributed by atoms with E-state index in [2.05, 4.69) is 5.32 Å². The van der Waals surface area contributed by atoms with Crippen LogP contribution in [0.3, 0.4) is 0 Å². The summed E-state index contributed by atoms with van der Waals surface area (Å²) in [5.74, 6) is 0. The van der Waals surface area contributed by atoms with Gasteiger partial charge in [0.1, 0.15) is 0 Å². The largest absolute Gasteiger partial charge is 0.385 e. The van der Waals surface area contributed by atoms with E-state index in [4.69, 9.17) is 44.3 Å². The van der Waals surface area contributed by atoms with Gasteiger partial charge in [-0.3, -0.25) is 0 Å². The van der Waals surface area contributed by atoms with Gasteiger partial charge in [-0.2, -0.15) is 0 Å². The molecule has 6 heteroatoms. The molecule has 0 aliphatic rings. The van der Waals surface area contributed by atoms with Crippen LogP contribution >= 0.6 is 34.8 Å². The van der Waals surface area contributed by atoms with Crippen molar-refractivity contribution < 1.29 is 9.47 Å². The van der Waals surface area contributed by atoms with Gasteiger partial charge in [0, 0.05) is 26.9 Å². The van der Waals surface area contributed by atoms with Gasteiger partial charge in [0.05, 0.1) is 27.4 Å². The maximum atomic E-state index is 6.02. The van der Waals surface area contributed by atoms with Crippen LogP contribution < -0.4 is 5.32 Å². The Bertz CT molecular complexity index is 375. The van der Waals surface area contributed by atoms with Gasteiger partial charge in [-0.15, -0.1) is 0 Å². The Hall–Kier alpha value is -0.190. The predicted molar refractivity (Wildman–Crippen MR) is 77.3 cm³/mol. The molecule has 0 fully saturated rings. The van der Waals surface area contributed by atoms with Crippen molar-refractivity contribution in [2.24, 2.45) is 0 Å². The Kier molecular flexibility index (Phi) is 7.79. The Balaban J connectivity index is 2.25. The maximum Gasteiger partial charge on any atom is 0.0653 e. The highest BCUT2D eigenvalue weighted by atomic mass is 35.5. The first kappa shape index (κ1) is 15.9. The number of rotatable bonds is 8. The van der Waals surface area contributed by atoms with Gasteiger partial charge >= 0.3 is 0 Å². The summed E-state index contributed by atoms with van der Waals surface area (Å²) < 4.78 is 10.3. The minimum absolute atomic E-state index is 0.447. The van der Waals surface area contributed by atoms with E-state index < -0.39 is 0 Å². The number of hydrogen-bond acceptors (Lipinski definition) is 3. The van der Waals surface area contributed by atoms with E-state index in [0.29, 0.717) is 41.4 Å². The Morgan fingerprint density at radius 3 is 2.44 bits per heavy atom. The van der Waals surface area contributed by atoms with Crippen molar-refractivity contribution in [1.29, 1.82) is 0 Å². The second-order valence-electron chi connectivity index (χ2n) is 3.63. The normalized spacial score (nSPS) is 10.7. The van der Waals surface area contributed by atoms with Crippen molar-refractivity contribution in [3.8, 4) is 0 Å². The fourth-order valence-corrected chi connectivity index (χ4v) is 1.94. The van der Waals surface area contributed by atoms with Gasteiger partial charge in [0.15, 0.2) is 0 Å². The molecule has 102 valence electrons. The molecule has 0 saturated carbocycles. The molecular formula is C12H16Cl3NO2. The zero-order valence-corrected chi connectivity index (χ0v) is 12.4. The third kappa shape index (κ3) is 5.63. The zero-order valence-electron chi connectivity index (χ0n) is 10.1. The zero-order chi connectivity index (χ0) is 13.4. The van der Waals surface area contributed by atoms with Crippen molar-refractivity contribution in [1.82, 2.24) is 0 Å². The van der Waals surface area contributed by atoms with E-state index in [-0.39, 0.29) is 0 Å². The summed E-state index contributed by atoms with van der Waals surface area (Å²) in [6.45, 7) is 2.65. The smallest absolute Gasteiger partial charge is 0.0653 e. The Morgan fingerprint density at radius 1 is 1.00 bits per heavy atom. The predicted octanol–water partition coefficient (Wildman–Crippen LogP) is 4.11. The number of ether oxygens (including phenoxy) is 2. The SMILES string of the molecule is COCCCOCCNc1cc(Cl)c(Cl)cc1Cl. The van der Waals surface area contributed by atoms with Crippen LogP contribution in [0, 0.1) is 0 Å². The summed E-state index contributed by atoms with van der Waals surface area (Å²) in [7, 11) is 1.67. The molecule has 0 saturated heterocycles. The molecular weight excluding hydrogens is 296 g/mol. The Labute approximate surface area is 122 Å². The van der Waals surface area contributed by atoms with Gasteiger partial charge in [0.25, 0.3) is 0 Å². The molecule has 0 aromatic heterocycles. The molecule has 0 atom stereocenters. The van der Waals surface area contributed by atoms with Crippen LogP contribution in [-0.2, 0) is 9.47 Å². The minimum atomic E-state index is 0.447. The summed E-state index contributed by atoms with van der Waals surface area (Å²) in [5, 5.41) is 4.61. The van der Waals surface area contributed by atoms with E-state index >= 15 is 0 Å². The molecule has 0 amide bonds. The van der Waals surface area contributed by atoms with Gasteiger partial charge < -0.3 is 14.8 Å².